The maximum Gasteiger partial charge on any atom is 0.143 e. The largest absolute Gasteiger partial charge is 0.600 e. The number of quaternary nitrogens is 1. The lowest BCUT2D eigenvalue weighted by molar-refractivity contribution is -0.799. The van der Waals surface area contributed by atoms with E-state index in [4.69, 9.17) is 0 Å². The van der Waals surface area contributed by atoms with E-state index in [1.165, 1.54) is 12.4 Å². The van der Waals surface area contributed by atoms with Crippen molar-refractivity contribution in [1.82, 2.24) is 6.15 Å². The molecule has 5 heteroatoms. The molecule has 1 aliphatic rings. The number of hydroxylamine groups is 1. The first-order valence-corrected chi connectivity index (χ1v) is 1.51. The molecule has 0 aromatic carbocycles. The predicted octanol–water partition coefficient (Wildman–Crippen LogP) is -0.617. The lowest BCUT2D eigenvalue weighted by Gasteiger charge is -1.98. The van der Waals surface area contributed by atoms with Crippen molar-refractivity contribution in [2.45, 2.75) is 0 Å². The van der Waals surface area contributed by atoms with Gasteiger partial charge in [0.05, 0.1) is 0 Å². The van der Waals surface area contributed by atoms with Crippen molar-refractivity contribution >= 4 is 0 Å². The van der Waals surface area contributed by atoms with Crippen molar-refractivity contribution < 1.29 is 5.17 Å². The monoisotopic (exact) mass is 102 g/mol. The molecule has 0 spiro atoms. The highest BCUT2D eigenvalue weighted by Crippen LogP contribution is 1.73. The summed E-state index contributed by atoms with van der Waals surface area (Å²) in [5, 5.41) is 16.0. The molecule has 1 rings (SSSR count). The molecule has 0 aliphatic carbocycles. The first-order chi connectivity index (χ1) is 2.89. The Balaban J connectivity index is 0.000000360. The molecular formula is C2H6N4O. The van der Waals surface area contributed by atoms with Gasteiger partial charge in [-0.15, -0.1) is 5.11 Å². The second kappa shape index (κ2) is 2.40. The van der Waals surface area contributed by atoms with Crippen LogP contribution in [0.1, 0.15) is 0 Å². The molecule has 0 bridgehead atoms. The van der Waals surface area contributed by atoms with Crippen LogP contribution in [0.15, 0.2) is 22.7 Å². The molecule has 1 aliphatic heterocycles. The van der Waals surface area contributed by atoms with Gasteiger partial charge in [-0.3, -0.25) is 0 Å². The maximum absolute atomic E-state index is 9.90. The van der Waals surface area contributed by atoms with E-state index >= 15 is 0 Å². The Morgan fingerprint density at radius 1 is 1.57 bits per heavy atom. The van der Waals surface area contributed by atoms with E-state index in [0.29, 0.717) is 0 Å². The summed E-state index contributed by atoms with van der Waals surface area (Å²) in [6, 6.07) is 0. The minimum atomic E-state index is -0.269. The number of nitrogens with one attached hydrogen (secondary N) is 1. The second-order valence-electron chi connectivity index (χ2n) is 0.869. The van der Waals surface area contributed by atoms with E-state index in [-0.39, 0.29) is 11.3 Å². The molecule has 0 fully saturated rings. The topological polar surface area (TPSA) is 87.2 Å². The second-order valence-corrected chi connectivity index (χ2v) is 0.869. The van der Waals surface area contributed by atoms with Crippen LogP contribution >= 0.6 is 0 Å². The standard InChI is InChI=1S/C2H3N3O.H3N/c6-5-2-1-3-4-5;/h1-2,5H;1H3. The molecule has 4 N–H and O–H groups in total. The van der Waals surface area contributed by atoms with Crippen LogP contribution in [-0.2, 0) is 0 Å². The summed E-state index contributed by atoms with van der Waals surface area (Å²) in [7, 11) is 0. The van der Waals surface area contributed by atoms with Crippen molar-refractivity contribution in [3.05, 3.63) is 17.6 Å². The fraction of sp³-hybridized carbons (Fsp3) is 0. The SMILES string of the molecule is N.[O-][NH+]1C=CN=N1. The third-order valence-electron chi connectivity index (χ3n) is 0.440. The molecule has 1 unspecified atom stereocenters. The zero-order chi connectivity index (χ0) is 4.41. The first-order valence-electron chi connectivity index (χ1n) is 1.51. The summed E-state index contributed by atoms with van der Waals surface area (Å²) in [5.74, 6) is 0. The van der Waals surface area contributed by atoms with Gasteiger partial charge in [-0.1, -0.05) is 0 Å². The molecular weight excluding hydrogens is 96.0 g/mol. The van der Waals surface area contributed by atoms with Gasteiger partial charge in [-0.05, 0) is 0 Å². The van der Waals surface area contributed by atoms with Crippen LogP contribution in [0.25, 0.3) is 0 Å². The highest BCUT2D eigenvalue weighted by molar-refractivity contribution is 4.67. The molecule has 5 nitrogen and oxygen atoms in total. The van der Waals surface area contributed by atoms with Crippen molar-refractivity contribution in [3.63, 3.8) is 0 Å². The van der Waals surface area contributed by atoms with Crippen molar-refractivity contribution in [3.8, 4) is 0 Å². The zero-order valence-corrected chi connectivity index (χ0v) is 3.66. The summed E-state index contributed by atoms with van der Waals surface area (Å²) in [6.45, 7) is 0. The van der Waals surface area contributed by atoms with Crippen LogP contribution in [0, 0.1) is 5.21 Å². The molecule has 0 saturated carbocycles. The van der Waals surface area contributed by atoms with Gasteiger partial charge < -0.3 is 11.4 Å². The van der Waals surface area contributed by atoms with E-state index in [1.807, 2.05) is 0 Å². The molecule has 0 aromatic rings. The van der Waals surface area contributed by atoms with E-state index in [2.05, 4.69) is 10.3 Å². The Hall–Kier alpha value is -0.780. The van der Waals surface area contributed by atoms with Crippen molar-refractivity contribution in [2.75, 3.05) is 0 Å². The van der Waals surface area contributed by atoms with Crippen LogP contribution in [0.5, 0.6) is 0 Å². The van der Waals surface area contributed by atoms with Gasteiger partial charge in [0.2, 0.25) is 0 Å². The van der Waals surface area contributed by atoms with Crippen molar-refractivity contribution in [1.29, 1.82) is 0 Å². The summed E-state index contributed by atoms with van der Waals surface area (Å²) in [6.07, 6.45) is 2.67. The van der Waals surface area contributed by atoms with Crippen LogP contribution < -0.4 is 11.3 Å². The molecule has 0 amide bonds. The molecule has 40 valence electrons. The maximum atomic E-state index is 9.90. The number of nitrogens with zero attached hydrogens (tertiary/aromatic N) is 2. The first kappa shape index (κ1) is 6.22. The minimum absolute atomic E-state index is 0. The zero-order valence-electron chi connectivity index (χ0n) is 3.66. The predicted molar refractivity (Wildman–Crippen MR) is 23.3 cm³/mol. The average Bonchev–Trinajstić information content (AvgIpc) is 1.86. The van der Waals surface area contributed by atoms with Crippen LogP contribution in [0.2, 0.25) is 0 Å². The quantitative estimate of drug-likeness (QED) is 0.399. The molecule has 0 aromatic heterocycles. The Morgan fingerprint density at radius 3 is 2.43 bits per heavy atom. The summed E-state index contributed by atoms with van der Waals surface area (Å²) >= 11 is 0. The Morgan fingerprint density at radius 2 is 2.29 bits per heavy atom. The van der Waals surface area contributed by atoms with E-state index in [9.17, 15) is 5.21 Å². The highest BCUT2D eigenvalue weighted by atomic mass is 16.5. The van der Waals surface area contributed by atoms with Crippen molar-refractivity contribution in [2.24, 2.45) is 10.3 Å². The van der Waals surface area contributed by atoms with E-state index in [0.717, 1.165) is 0 Å². The number of hydrogen-bond donors (Lipinski definition) is 2. The molecule has 1 heterocycles. The number of rotatable bonds is 0. The van der Waals surface area contributed by atoms with Gasteiger partial charge in [0.15, 0.2) is 0 Å². The van der Waals surface area contributed by atoms with E-state index < -0.39 is 0 Å². The highest BCUT2D eigenvalue weighted by Gasteiger charge is 1.87. The molecule has 1 atom stereocenters. The van der Waals surface area contributed by atoms with Gasteiger partial charge >= 0.3 is 0 Å². The molecule has 0 saturated heterocycles. The Labute approximate surface area is 40.5 Å². The fourth-order valence-corrected chi connectivity index (χ4v) is 0.221. The van der Waals surface area contributed by atoms with Gasteiger partial charge in [0.1, 0.15) is 12.4 Å². The summed E-state index contributed by atoms with van der Waals surface area (Å²) in [4.78, 5) is 0. The normalized spacial score (nSPS) is 25.0. The Bertz CT molecular complexity index is 85.9. The van der Waals surface area contributed by atoms with Crippen LogP contribution in [0.3, 0.4) is 0 Å². The lowest BCUT2D eigenvalue weighted by atomic mass is 11.0. The Kier molecular flexibility index (Phi) is 2.14. The molecule has 7 heavy (non-hydrogen) atoms. The summed E-state index contributed by atoms with van der Waals surface area (Å²) < 4.78 is 0. The third kappa shape index (κ3) is 1.40. The van der Waals surface area contributed by atoms with Crippen LogP contribution in [0.4, 0.5) is 0 Å². The lowest BCUT2D eigenvalue weighted by Crippen LogP contribution is -2.95. The summed E-state index contributed by atoms with van der Waals surface area (Å²) in [5.41, 5.74) is 0. The van der Waals surface area contributed by atoms with Gasteiger partial charge in [-0.25, -0.2) is 0 Å². The molecule has 0 radical (unpaired) electrons. The van der Waals surface area contributed by atoms with Crippen LogP contribution in [-0.4, -0.2) is 0 Å². The number of hydrogen-bond acceptors (Lipinski definition) is 4. The minimum Gasteiger partial charge on any atom is -0.600 e. The van der Waals surface area contributed by atoms with Gasteiger partial charge in [-0.2, -0.15) is 5.17 Å². The van der Waals surface area contributed by atoms with E-state index in [1.54, 1.807) is 0 Å². The smallest absolute Gasteiger partial charge is 0.143 e. The third-order valence-corrected chi connectivity index (χ3v) is 0.440. The fourth-order valence-electron chi connectivity index (χ4n) is 0.221. The van der Waals surface area contributed by atoms with Gasteiger partial charge in [0.25, 0.3) is 0 Å². The average molecular weight is 102 g/mol. The van der Waals surface area contributed by atoms with Gasteiger partial charge in [0, 0.05) is 5.22 Å².